The van der Waals surface area contributed by atoms with Gasteiger partial charge in [0.25, 0.3) is 0 Å². The first-order chi connectivity index (χ1) is 4.60. The maximum atomic E-state index is 9.45. The monoisotopic (exact) mass is 181 g/mol. The fraction of sp³-hybridized carbons (Fsp3) is 1.00. The molecule has 0 saturated heterocycles. The lowest BCUT2D eigenvalue weighted by Gasteiger charge is -2.31. The molecule has 3 N–H and O–H groups in total. The molecular weight excluding hydrogens is 162 g/mol. The fourth-order valence-electron chi connectivity index (χ4n) is 1.13. The number of hydrogen-bond acceptors (Lipinski definition) is 2. The molecule has 1 unspecified atom stereocenters. The van der Waals surface area contributed by atoms with E-state index in [0.717, 1.165) is 19.3 Å². The Morgan fingerprint density at radius 1 is 1.27 bits per heavy atom. The summed E-state index contributed by atoms with van der Waals surface area (Å²) in [6.45, 7) is 5.99. The zero-order valence-corrected chi connectivity index (χ0v) is 8.45. The third-order valence-electron chi connectivity index (χ3n) is 2.37. The van der Waals surface area contributed by atoms with Crippen molar-refractivity contribution in [3.63, 3.8) is 0 Å². The Bertz CT molecular complexity index is 94.1. The zero-order chi connectivity index (χ0) is 8.20. The first kappa shape index (κ1) is 13.8. The molecule has 11 heavy (non-hydrogen) atoms. The molecule has 0 fully saturated rings. The quantitative estimate of drug-likeness (QED) is 0.694. The second-order valence-corrected chi connectivity index (χ2v) is 2.86. The van der Waals surface area contributed by atoms with Crippen molar-refractivity contribution in [3.05, 3.63) is 0 Å². The summed E-state index contributed by atoms with van der Waals surface area (Å²) in [6.07, 6.45) is 2.09. The van der Waals surface area contributed by atoms with E-state index in [0.29, 0.717) is 0 Å². The van der Waals surface area contributed by atoms with Crippen molar-refractivity contribution in [1.29, 1.82) is 0 Å². The van der Waals surface area contributed by atoms with Gasteiger partial charge in [-0.2, -0.15) is 0 Å². The van der Waals surface area contributed by atoms with Crippen LogP contribution in [0.5, 0.6) is 0 Å². The van der Waals surface area contributed by atoms with Crippen LogP contribution in [-0.4, -0.2) is 16.7 Å². The molecule has 1 atom stereocenters. The molecule has 0 amide bonds. The van der Waals surface area contributed by atoms with E-state index in [1.54, 1.807) is 0 Å². The Balaban J connectivity index is 0. The van der Waals surface area contributed by atoms with Crippen LogP contribution >= 0.6 is 12.4 Å². The lowest BCUT2D eigenvalue weighted by atomic mass is 9.86. The zero-order valence-electron chi connectivity index (χ0n) is 7.63. The van der Waals surface area contributed by atoms with Crippen LogP contribution in [0.25, 0.3) is 0 Å². The van der Waals surface area contributed by atoms with Gasteiger partial charge in [-0.15, -0.1) is 12.4 Å². The van der Waals surface area contributed by atoms with Gasteiger partial charge >= 0.3 is 0 Å². The predicted octanol–water partition coefficient (Wildman–Crippen LogP) is 1.70. The summed E-state index contributed by atoms with van der Waals surface area (Å²) in [5.41, 5.74) is 5.55. The van der Waals surface area contributed by atoms with Crippen molar-refractivity contribution in [2.75, 3.05) is 0 Å². The number of nitrogens with two attached hydrogens (primary N) is 1. The molecule has 2 nitrogen and oxygen atoms in total. The van der Waals surface area contributed by atoms with Gasteiger partial charge in [0, 0.05) is 5.54 Å². The maximum absolute atomic E-state index is 9.45. The Morgan fingerprint density at radius 2 is 1.64 bits per heavy atom. The van der Waals surface area contributed by atoms with Crippen LogP contribution in [-0.2, 0) is 0 Å². The van der Waals surface area contributed by atoms with Gasteiger partial charge in [-0.1, -0.05) is 20.8 Å². The van der Waals surface area contributed by atoms with Crippen molar-refractivity contribution in [3.8, 4) is 0 Å². The van der Waals surface area contributed by atoms with Crippen LogP contribution in [0, 0.1) is 0 Å². The number of hydrogen-bond donors (Lipinski definition) is 2. The lowest BCUT2D eigenvalue weighted by Crippen LogP contribution is -2.49. The van der Waals surface area contributed by atoms with Crippen LogP contribution in [0.4, 0.5) is 0 Å². The van der Waals surface area contributed by atoms with Gasteiger partial charge in [0.15, 0.2) is 0 Å². The van der Waals surface area contributed by atoms with E-state index in [2.05, 4.69) is 0 Å². The van der Waals surface area contributed by atoms with Crippen LogP contribution in [0.2, 0.25) is 0 Å². The van der Waals surface area contributed by atoms with Gasteiger partial charge in [0.2, 0.25) is 0 Å². The van der Waals surface area contributed by atoms with Crippen LogP contribution < -0.4 is 5.73 Å². The Kier molecular flexibility index (Phi) is 7.28. The molecule has 0 heterocycles. The van der Waals surface area contributed by atoms with Crippen molar-refractivity contribution in [2.45, 2.75) is 51.7 Å². The SMILES string of the molecule is CCC(O)C(N)(CC)CC.Cl. The van der Waals surface area contributed by atoms with Crippen LogP contribution in [0.3, 0.4) is 0 Å². The van der Waals surface area contributed by atoms with E-state index < -0.39 is 0 Å². The van der Waals surface area contributed by atoms with E-state index in [1.165, 1.54) is 0 Å². The average molecular weight is 182 g/mol. The van der Waals surface area contributed by atoms with Crippen LogP contribution in [0.1, 0.15) is 40.0 Å². The molecule has 0 spiro atoms. The molecule has 70 valence electrons. The summed E-state index contributed by atoms with van der Waals surface area (Å²) >= 11 is 0. The third-order valence-corrected chi connectivity index (χ3v) is 2.37. The Hall–Kier alpha value is 0.210. The van der Waals surface area contributed by atoms with E-state index in [1.807, 2.05) is 20.8 Å². The van der Waals surface area contributed by atoms with Crippen LogP contribution in [0.15, 0.2) is 0 Å². The van der Waals surface area contributed by atoms with E-state index in [-0.39, 0.29) is 24.0 Å². The minimum atomic E-state index is -0.352. The molecule has 0 aliphatic rings. The molecule has 0 saturated carbocycles. The Morgan fingerprint density at radius 3 is 1.73 bits per heavy atom. The molecule has 0 rings (SSSR count). The molecule has 0 aliphatic heterocycles. The van der Waals surface area contributed by atoms with E-state index in [9.17, 15) is 5.11 Å². The largest absolute Gasteiger partial charge is 0.391 e. The highest BCUT2D eigenvalue weighted by atomic mass is 35.5. The van der Waals surface area contributed by atoms with Crippen molar-refractivity contribution < 1.29 is 5.11 Å². The van der Waals surface area contributed by atoms with Crippen molar-refractivity contribution in [2.24, 2.45) is 5.73 Å². The lowest BCUT2D eigenvalue weighted by molar-refractivity contribution is 0.0749. The molecular formula is C8H20ClNO. The smallest absolute Gasteiger partial charge is 0.0716 e. The maximum Gasteiger partial charge on any atom is 0.0716 e. The highest BCUT2D eigenvalue weighted by Crippen LogP contribution is 2.18. The van der Waals surface area contributed by atoms with Crippen molar-refractivity contribution >= 4 is 12.4 Å². The highest BCUT2D eigenvalue weighted by molar-refractivity contribution is 5.85. The summed E-state index contributed by atoms with van der Waals surface area (Å²) in [5.74, 6) is 0. The number of halogens is 1. The molecule has 0 radical (unpaired) electrons. The number of rotatable bonds is 4. The molecule has 3 heteroatoms. The summed E-state index contributed by atoms with van der Waals surface area (Å²) in [5, 5.41) is 9.45. The molecule has 0 aliphatic carbocycles. The van der Waals surface area contributed by atoms with E-state index in [4.69, 9.17) is 5.73 Å². The molecule has 0 aromatic rings. The fourth-order valence-corrected chi connectivity index (χ4v) is 1.13. The molecule has 0 aromatic carbocycles. The summed E-state index contributed by atoms with van der Waals surface area (Å²) < 4.78 is 0. The second-order valence-electron chi connectivity index (χ2n) is 2.86. The van der Waals surface area contributed by atoms with Gasteiger partial charge in [-0.3, -0.25) is 0 Å². The average Bonchev–Trinajstić information content (AvgIpc) is 2.01. The standard InChI is InChI=1S/C8H19NO.ClH/c1-4-7(10)8(9,5-2)6-3;/h7,10H,4-6,9H2,1-3H3;1H. The third kappa shape index (κ3) is 3.41. The normalized spacial score (nSPS) is 13.9. The first-order valence-corrected chi connectivity index (χ1v) is 4.07. The summed E-state index contributed by atoms with van der Waals surface area (Å²) in [4.78, 5) is 0. The minimum Gasteiger partial charge on any atom is -0.391 e. The van der Waals surface area contributed by atoms with Crippen molar-refractivity contribution in [1.82, 2.24) is 0 Å². The van der Waals surface area contributed by atoms with Gasteiger partial charge in [-0.05, 0) is 19.3 Å². The molecule has 0 aromatic heterocycles. The second kappa shape index (κ2) is 5.81. The van der Waals surface area contributed by atoms with Gasteiger partial charge in [0.05, 0.1) is 6.10 Å². The topological polar surface area (TPSA) is 46.2 Å². The van der Waals surface area contributed by atoms with Gasteiger partial charge in [0.1, 0.15) is 0 Å². The number of aliphatic hydroxyl groups is 1. The molecule has 0 bridgehead atoms. The Labute approximate surface area is 75.6 Å². The van der Waals surface area contributed by atoms with Gasteiger partial charge < -0.3 is 10.8 Å². The highest BCUT2D eigenvalue weighted by Gasteiger charge is 2.27. The van der Waals surface area contributed by atoms with Gasteiger partial charge in [-0.25, -0.2) is 0 Å². The number of aliphatic hydroxyl groups excluding tert-OH is 1. The minimum absolute atomic E-state index is 0. The van der Waals surface area contributed by atoms with E-state index >= 15 is 0 Å². The summed E-state index contributed by atoms with van der Waals surface area (Å²) in [7, 11) is 0. The predicted molar refractivity (Wildman–Crippen MR) is 51.0 cm³/mol. The summed E-state index contributed by atoms with van der Waals surface area (Å²) in [6, 6.07) is 0. The first-order valence-electron chi connectivity index (χ1n) is 4.07.